The largest absolute Gasteiger partial charge is 0.393 e. The molecule has 2 rings (SSSR count). The number of nitrogens with zero attached hydrogens (tertiary/aromatic N) is 2. The summed E-state index contributed by atoms with van der Waals surface area (Å²) in [6, 6.07) is 0.456. The van der Waals surface area contributed by atoms with Crippen molar-refractivity contribution in [3.05, 3.63) is 0 Å². The summed E-state index contributed by atoms with van der Waals surface area (Å²) in [5.74, 6) is 0. The molecule has 98 valence electrons. The fourth-order valence-corrected chi connectivity index (χ4v) is 2.99. The average molecular weight is 240 g/mol. The van der Waals surface area contributed by atoms with Crippen molar-refractivity contribution in [1.82, 2.24) is 9.80 Å². The van der Waals surface area contributed by atoms with E-state index < -0.39 is 0 Å². The molecule has 0 aromatic heterocycles. The first kappa shape index (κ1) is 12.7. The average Bonchev–Trinajstić information content (AvgIpc) is 2.76. The molecule has 17 heavy (non-hydrogen) atoms. The lowest BCUT2D eigenvalue weighted by molar-refractivity contribution is 0.114. The molecule has 2 unspecified atom stereocenters. The molecule has 4 heteroatoms. The molecule has 2 aliphatic rings. The number of likely N-dealkylation sites (tertiary alicyclic amines) is 2. The van der Waals surface area contributed by atoms with Gasteiger partial charge in [-0.05, 0) is 45.4 Å². The molecule has 2 aliphatic heterocycles. The molecule has 2 fully saturated rings. The van der Waals surface area contributed by atoms with Crippen LogP contribution < -0.4 is 0 Å². The lowest BCUT2D eigenvalue weighted by Gasteiger charge is -2.34. The Kier molecular flexibility index (Phi) is 4.26. The second kappa shape index (κ2) is 5.71. The van der Waals surface area contributed by atoms with Crippen LogP contribution in [0, 0.1) is 0 Å². The van der Waals surface area contributed by atoms with Crippen LogP contribution in [0.25, 0.3) is 0 Å². The smallest absolute Gasteiger partial charge is 0.320 e. The Labute approximate surface area is 104 Å². The van der Waals surface area contributed by atoms with Gasteiger partial charge < -0.3 is 14.9 Å². The molecule has 4 nitrogen and oxygen atoms in total. The summed E-state index contributed by atoms with van der Waals surface area (Å²) < 4.78 is 0. The number of rotatable bonds is 2. The van der Waals surface area contributed by atoms with E-state index in [2.05, 4.69) is 0 Å². The van der Waals surface area contributed by atoms with Crippen molar-refractivity contribution < 1.29 is 9.90 Å². The SMILES string of the molecule is CC(O)CC1CCCN1C(=O)N1CCCCC1. The first-order valence-corrected chi connectivity index (χ1v) is 6.92. The van der Waals surface area contributed by atoms with Crippen LogP contribution >= 0.6 is 0 Å². The highest BCUT2D eigenvalue weighted by Gasteiger charge is 2.32. The molecular weight excluding hydrogens is 216 g/mol. The third kappa shape index (κ3) is 3.12. The van der Waals surface area contributed by atoms with Gasteiger partial charge in [0.15, 0.2) is 0 Å². The fourth-order valence-electron chi connectivity index (χ4n) is 2.99. The zero-order valence-electron chi connectivity index (χ0n) is 10.8. The van der Waals surface area contributed by atoms with Crippen LogP contribution in [-0.2, 0) is 0 Å². The van der Waals surface area contributed by atoms with E-state index in [0.717, 1.165) is 51.7 Å². The second-order valence-corrected chi connectivity index (χ2v) is 5.40. The Balaban J connectivity index is 1.92. The van der Waals surface area contributed by atoms with Crippen molar-refractivity contribution in [1.29, 1.82) is 0 Å². The zero-order valence-corrected chi connectivity index (χ0v) is 10.8. The van der Waals surface area contributed by atoms with Crippen LogP contribution in [0.15, 0.2) is 0 Å². The van der Waals surface area contributed by atoms with E-state index >= 15 is 0 Å². The fraction of sp³-hybridized carbons (Fsp3) is 0.923. The van der Waals surface area contributed by atoms with Gasteiger partial charge in [0.05, 0.1) is 6.10 Å². The maximum atomic E-state index is 12.4. The first-order chi connectivity index (χ1) is 8.18. The third-order valence-electron chi connectivity index (χ3n) is 3.86. The summed E-state index contributed by atoms with van der Waals surface area (Å²) in [5.41, 5.74) is 0. The predicted octanol–water partition coefficient (Wildman–Crippen LogP) is 1.83. The minimum absolute atomic E-state index is 0.202. The number of hydrogen-bond donors (Lipinski definition) is 1. The second-order valence-electron chi connectivity index (χ2n) is 5.40. The van der Waals surface area contributed by atoms with Crippen LogP contribution in [0.1, 0.15) is 45.4 Å². The molecule has 1 N–H and O–H groups in total. The Morgan fingerprint density at radius 3 is 2.59 bits per heavy atom. The van der Waals surface area contributed by atoms with E-state index in [9.17, 15) is 9.90 Å². The lowest BCUT2D eigenvalue weighted by Crippen LogP contribution is -2.47. The van der Waals surface area contributed by atoms with Crippen LogP contribution in [0.2, 0.25) is 0 Å². The lowest BCUT2D eigenvalue weighted by atomic mass is 10.1. The molecule has 0 bridgehead atoms. The van der Waals surface area contributed by atoms with Crippen molar-refractivity contribution >= 4 is 6.03 Å². The van der Waals surface area contributed by atoms with Gasteiger partial charge in [0.2, 0.25) is 0 Å². The van der Waals surface area contributed by atoms with Crippen molar-refractivity contribution in [2.24, 2.45) is 0 Å². The zero-order chi connectivity index (χ0) is 12.3. The summed E-state index contributed by atoms with van der Waals surface area (Å²) in [7, 11) is 0. The Morgan fingerprint density at radius 1 is 1.24 bits per heavy atom. The molecular formula is C13H24N2O2. The quantitative estimate of drug-likeness (QED) is 0.800. The molecule has 0 aliphatic carbocycles. The molecule has 2 amide bonds. The molecule has 0 spiro atoms. The molecule has 0 saturated carbocycles. The molecule has 0 aromatic rings. The van der Waals surface area contributed by atoms with E-state index in [-0.39, 0.29) is 18.2 Å². The Morgan fingerprint density at radius 2 is 1.94 bits per heavy atom. The van der Waals surface area contributed by atoms with Gasteiger partial charge in [-0.1, -0.05) is 0 Å². The number of amides is 2. The number of hydrogen-bond acceptors (Lipinski definition) is 2. The van der Waals surface area contributed by atoms with Gasteiger partial charge in [-0.25, -0.2) is 4.79 Å². The van der Waals surface area contributed by atoms with Gasteiger partial charge >= 0.3 is 6.03 Å². The highest BCUT2D eigenvalue weighted by atomic mass is 16.3. The highest BCUT2D eigenvalue weighted by Crippen LogP contribution is 2.24. The van der Waals surface area contributed by atoms with E-state index in [0.29, 0.717) is 0 Å². The Hall–Kier alpha value is -0.770. The minimum Gasteiger partial charge on any atom is -0.393 e. The van der Waals surface area contributed by atoms with Gasteiger partial charge in [-0.15, -0.1) is 0 Å². The van der Waals surface area contributed by atoms with E-state index in [1.807, 2.05) is 16.7 Å². The summed E-state index contributed by atoms with van der Waals surface area (Å²) in [5, 5.41) is 9.47. The summed E-state index contributed by atoms with van der Waals surface area (Å²) >= 11 is 0. The monoisotopic (exact) mass is 240 g/mol. The highest BCUT2D eigenvalue weighted by molar-refractivity contribution is 5.75. The summed E-state index contributed by atoms with van der Waals surface area (Å²) in [6.45, 7) is 4.50. The van der Waals surface area contributed by atoms with Gasteiger partial charge in [0, 0.05) is 25.7 Å². The van der Waals surface area contributed by atoms with E-state index in [1.54, 1.807) is 0 Å². The maximum absolute atomic E-state index is 12.4. The molecule has 2 heterocycles. The van der Waals surface area contributed by atoms with E-state index in [1.165, 1.54) is 6.42 Å². The van der Waals surface area contributed by atoms with Crippen LogP contribution in [-0.4, -0.2) is 52.7 Å². The molecule has 0 radical (unpaired) electrons. The maximum Gasteiger partial charge on any atom is 0.320 e. The third-order valence-corrected chi connectivity index (χ3v) is 3.86. The minimum atomic E-state index is -0.310. The molecule has 2 saturated heterocycles. The molecule has 0 aromatic carbocycles. The predicted molar refractivity (Wildman–Crippen MR) is 66.8 cm³/mol. The first-order valence-electron chi connectivity index (χ1n) is 6.92. The number of urea groups is 1. The van der Waals surface area contributed by atoms with Crippen LogP contribution in [0.3, 0.4) is 0 Å². The van der Waals surface area contributed by atoms with Gasteiger partial charge in [0.25, 0.3) is 0 Å². The number of carbonyl (C=O) groups excluding carboxylic acids is 1. The Bertz CT molecular complexity index is 262. The van der Waals surface area contributed by atoms with Gasteiger partial charge in [0.1, 0.15) is 0 Å². The number of aliphatic hydroxyl groups excluding tert-OH is 1. The summed E-state index contributed by atoms with van der Waals surface area (Å²) in [4.78, 5) is 16.3. The van der Waals surface area contributed by atoms with Gasteiger partial charge in [-0.3, -0.25) is 0 Å². The normalized spacial score (nSPS) is 27.3. The van der Waals surface area contributed by atoms with Crippen LogP contribution in [0.4, 0.5) is 4.79 Å². The number of aliphatic hydroxyl groups is 1. The van der Waals surface area contributed by atoms with E-state index in [4.69, 9.17) is 0 Å². The van der Waals surface area contributed by atoms with Crippen molar-refractivity contribution in [3.8, 4) is 0 Å². The standard InChI is InChI=1S/C13H24N2O2/c1-11(16)10-12-6-5-9-15(12)13(17)14-7-3-2-4-8-14/h11-12,16H,2-10H2,1H3. The van der Waals surface area contributed by atoms with Crippen molar-refractivity contribution in [2.75, 3.05) is 19.6 Å². The molecule has 2 atom stereocenters. The number of carbonyl (C=O) groups is 1. The van der Waals surface area contributed by atoms with Gasteiger partial charge in [-0.2, -0.15) is 0 Å². The van der Waals surface area contributed by atoms with Crippen molar-refractivity contribution in [3.63, 3.8) is 0 Å². The van der Waals surface area contributed by atoms with Crippen molar-refractivity contribution in [2.45, 2.75) is 57.6 Å². The topological polar surface area (TPSA) is 43.8 Å². The summed E-state index contributed by atoms with van der Waals surface area (Å²) in [6.07, 6.45) is 6.07. The number of piperidine rings is 1. The van der Waals surface area contributed by atoms with Crippen LogP contribution in [0.5, 0.6) is 0 Å².